The number of ether oxygens (including phenoxy) is 1. The third kappa shape index (κ3) is 6.88. The quantitative estimate of drug-likeness (QED) is 0.589. The minimum Gasteiger partial charge on any atom is -0.380 e. The molecule has 0 saturated heterocycles. The van der Waals surface area contributed by atoms with E-state index in [2.05, 4.69) is 31.1 Å². The number of nitrogens with one attached hydrogen (secondary N) is 1. The molecule has 0 heterocycles. The highest BCUT2D eigenvalue weighted by atomic mass is 16.5. The molecule has 0 aromatic heterocycles. The summed E-state index contributed by atoms with van der Waals surface area (Å²) in [5.74, 6) is 0. The molecule has 90 valence electrons. The predicted octanol–water partition coefficient (Wildman–Crippen LogP) is 1.49. The van der Waals surface area contributed by atoms with Gasteiger partial charge in [-0.1, -0.05) is 13.8 Å². The molecule has 0 bridgehead atoms. The number of nitrogens with zero attached hydrogens (tertiary/aromatic N) is 1. The molecule has 0 unspecified atom stereocenters. The molecule has 0 amide bonds. The van der Waals surface area contributed by atoms with Gasteiger partial charge in [0, 0.05) is 25.2 Å². The summed E-state index contributed by atoms with van der Waals surface area (Å²) >= 11 is 0. The summed E-state index contributed by atoms with van der Waals surface area (Å²) in [5, 5.41) is 3.38. The Kier molecular flexibility index (Phi) is 6.22. The fourth-order valence-corrected chi connectivity index (χ4v) is 1.57. The van der Waals surface area contributed by atoms with Gasteiger partial charge in [-0.05, 0) is 32.9 Å². The summed E-state index contributed by atoms with van der Waals surface area (Å²) in [7, 11) is 2.20. The first kappa shape index (κ1) is 12.9. The normalized spacial score (nSPS) is 16.6. The second-order valence-corrected chi connectivity index (χ2v) is 4.79. The molecule has 1 aliphatic rings. The number of hydrogen-bond donors (Lipinski definition) is 1. The highest BCUT2D eigenvalue weighted by Gasteiger charge is 2.25. The topological polar surface area (TPSA) is 24.5 Å². The van der Waals surface area contributed by atoms with Crippen LogP contribution in [0.4, 0.5) is 0 Å². The average Bonchev–Trinajstić information content (AvgIpc) is 2.98. The summed E-state index contributed by atoms with van der Waals surface area (Å²) < 4.78 is 5.58. The lowest BCUT2D eigenvalue weighted by Crippen LogP contribution is -2.26. The van der Waals surface area contributed by atoms with Gasteiger partial charge in [-0.25, -0.2) is 0 Å². The van der Waals surface area contributed by atoms with E-state index in [1.54, 1.807) is 0 Å². The molecule has 1 rings (SSSR count). The van der Waals surface area contributed by atoms with Gasteiger partial charge in [-0.3, -0.25) is 0 Å². The first-order chi connectivity index (χ1) is 7.20. The zero-order chi connectivity index (χ0) is 11.1. The Bertz CT molecular complexity index is 158. The van der Waals surface area contributed by atoms with E-state index in [4.69, 9.17) is 4.74 Å². The lowest BCUT2D eigenvalue weighted by Gasteiger charge is -2.15. The Morgan fingerprint density at radius 2 is 2.07 bits per heavy atom. The minimum atomic E-state index is 0.589. The number of likely N-dealkylation sites (N-methyl/N-ethyl adjacent to an activating group) is 1. The molecule has 0 aromatic rings. The van der Waals surface area contributed by atoms with Crippen LogP contribution in [0.1, 0.15) is 33.1 Å². The van der Waals surface area contributed by atoms with Gasteiger partial charge < -0.3 is 15.0 Å². The van der Waals surface area contributed by atoms with Crippen LogP contribution in [-0.2, 0) is 4.74 Å². The third-order valence-electron chi connectivity index (χ3n) is 2.78. The molecule has 0 aromatic carbocycles. The van der Waals surface area contributed by atoms with Crippen molar-refractivity contribution in [3.63, 3.8) is 0 Å². The smallest absolute Gasteiger partial charge is 0.0593 e. The van der Waals surface area contributed by atoms with Crippen molar-refractivity contribution in [2.75, 3.05) is 33.4 Å². The van der Waals surface area contributed by atoms with Crippen LogP contribution >= 0.6 is 0 Å². The summed E-state index contributed by atoms with van der Waals surface area (Å²) in [6.07, 6.45) is 3.88. The van der Waals surface area contributed by atoms with Gasteiger partial charge in [0.05, 0.1) is 6.61 Å². The maximum Gasteiger partial charge on any atom is 0.0593 e. The van der Waals surface area contributed by atoms with Gasteiger partial charge in [0.1, 0.15) is 0 Å². The van der Waals surface area contributed by atoms with E-state index in [-0.39, 0.29) is 0 Å². The van der Waals surface area contributed by atoms with Crippen LogP contribution in [0.3, 0.4) is 0 Å². The maximum atomic E-state index is 5.58. The molecule has 3 heteroatoms. The highest BCUT2D eigenvalue weighted by molar-refractivity contribution is 4.81. The predicted molar refractivity (Wildman–Crippen MR) is 64.2 cm³/mol. The average molecular weight is 214 g/mol. The van der Waals surface area contributed by atoms with Crippen LogP contribution in [0.2, 0.25) is 0 Å². The zero-order valence-electron chi connectivity index (χ0n) is 10.5. The summed E-state index contributed by atoms with van der Waals surface area (Å²) in [6, 6.07) is 1.45. The fraction of sp³-hybridized carbons (Fsp3) is 1.00. The van der Waals surface area contributed by atoms with Crippen LogP contribution in [-0.4, -0.2) is 50.3 Å². The van der Waals surface area contributed by atoms with Crippen molar-refractivity contribution in [3.8, 4) is 0 Å². The molecule has 15 heavy (non-hydrogen) atoms. The van der Waals surface area contributed by atoms with Crippen LogP contribution in [0.5, 0.6) is 0 Å². The second-order valence-electron chi connectivity index (χ2n) is 4.79. The monoisotopic (exact) mass is 214 g/mol. The van der Waals surface area contributed by atoms with Gasteiger partial charge in [0.25, 0.3) is 0 Å². The Morgan fingerprint density at radius 1 is 1.33 bits per heavy atom. The molecule has 0 radical (unpaired) electrons. The van der Waals surface area contributed by atoms with Crippen molar-refractivity contribution in [1.82, 2.24) is 10.2 Å². The maximum absolute atomic E-state index is 5.58. The Labute approximate surface area is 94.2 Å². The molecular formula is C12H26N2O. The Hall–Kier alpha value is -0.120. The first-order valence-corrected chi connectivity index (χ1v) is 6.21. The van der Waals surface area contributed by atoms with E-state index >= 15 is 0 Å². The minimum absolute atomic E-state index is 0.589. The van der Waals surface area contributed by atoms with E-state index < -0.39 is 0 Å². The number of rotatable bonds is 9. The van der Waals surface area contributed by atoms with E-state index in [0.717, 1.165) is 38.8 Å². The fourth-order valence-electron chi connectivity index (χ4n) is 1.57. The molecule has 0 aliphatic heterocycles. The van der Waals surface area contributed by atoms with Crippen molar-refractivity contribution in [3.05, 3.63) is 0 Å². The summed E-state index contributed by atoms with van der Waals surface area (Å²) in [6.45, 7) is 8.27. The molecule has 0 spiro atoms. The number of hydrogen-bond acceptors (Lipinski definition) is 3. The van der Waals surface area contributed by atoms with Crippen molar-refractivity contribution in [2.24, 2.45) is 0 Å². The molecule has 0 atom stereocenters. The molecule has 1 aliphatic carbocycles. The van der Waals surface area contributed by atoms with Crippen LogP contribution in [0, 0.1) is 0 Å². The van der Waals surface area contributed by atoms with Crippen LogP contribution < -0.4 is 5.32 Å². The SMILES string of the molecule is CC(C)NCCCOCCN(C)C1CC1. The van der Waals surface area contributed by atoms with Crippen molar-refractivity contribution in [2.45, 2.75) is 45.2 Å². The largest absolute Gasteiger partial charge is 0.380 e. The molecule has 1 N–H and O–H groups in total. The first-order valence-electron chi connectivity index (χ1n) is 6.21. The van der Waals surface area contributed by atoms with Gasteiger partial charge in [0.15, 0.2) is 0 Å². The van der Waals surface area contributed by atoms with Gasteiger partial charge in [-0.2, -0.15) is 0 Å². The lowest BCUT2D eigenvalue weighted by molar-refractivity contribution is 0.107. The van der Waals surface area contributed by atoms with Crippen molar-refractivity contribution < 1.29 is 4.74 Å². The zero-order valence-corrected chi connectivity index (χ0v) is 10.5. The Morgan fingerprint density at radius 3 is 2.67 bits per heavy atom. The van der Waals surface area contributed by atoms with E-state index in [1.807, 2.05) is 0 Å². The third-order valence-corrected chi connectivity index (χ3v) is 2.78. The van der Waals surface area contributed by atoms with Gasteiger partial charge in [-0.15, -0.1) is 0 Å². The lowest BCUT2D eigenvalue weighted by atomic mass is 10.3. The van der Waals surface area contributed by atoms with E-state index in [1.165, 1.54) is 12.8 Å². The molecular weight excluding hydrogens is 188 g/mol. The van der Waals surface area contributed by atoms with Crippen LogP contribution in [0.15, 0.2) is 0 Å². The van der Waals surface area contributed by atoms with Crippen molar-refractivity contribution in [1.29, 1.82) is 0 Å². The molecule has 1 saturated carbocycles. The highest BCUT2D eigenvalue weighted by Crippen LogP contribution is 2.24. The van der Waals surface area contributed by atoms with Gasteiger partial charge in [0.2, 0.25) is 0 Å². The summed E-state index contributed by atoms with van der Waals surface area (Å²) in [4.78, 5) is 2.41. The van der Waals surface area contributed by atoms with E-state index in [0.29, 0.717) is 6.04 Å². The standard InChI is InChI=1S/C12H26N2O/c1-11(2)13-7-4-9-15-10-8-14(3)12-5-6-12/h11-13H,4-10H2,1-3H3. The second kappa shape index (κ2) is 7.20. The van der Waals surface area contributed by atoms with E-state index in [9.17, 15) is 0 Å². The Balaban J connectivity index is 1.76. The van der Waals surface area contributed by atoms with Gasteiger partial charge >= 0.3 is 0 Å². The van der Waals surface area contributed by atoms with Crippen LogP contribution in [0.25, 0.3) is 0 Å². The van der Waals surface area contributed by atoms with Crippen molar-refractivity contribution >= 4 is 0 Å². The molecule has 3 nitrogen and oxygen atoms in total. The summed E-state index contributed by atoms with van der Waals surface area (Å²) in [5.41, 5.74) is 0. The molecule has 1 fully saturated rings.